The number of likely N-dealkylation sites (tertiary alicyclic amines) is 1. The summed E-state index contributed by atoms with van der Waals surface area (Å²) < 4.78 is 24.9. The Balaban J connectivity index is 0.000000259. The van der Waals surface area contributed by atoms with Gasteiger partial charge in [-0.25, -0.2) is 0 Å². The van der Waals surface area contributed by atoms with Gasteiger partial charge in [0, 0.05) is 36.7 Å². The van der Waals surface area contributed by atoms with E-state index in [4.69, 9.17) is 14.6 Å². The fourth-order valence-corrected chi connectivity index (χ4v) is 6.95. The van der Waals surface area contributed by atoms with Crippen molar-refractivity contribution < 1.29 is 34.0 Å². The number of halogens is 1. The molecule has 46 heavy (non-hydrogen) atoms. The molecular weight excluding hydrogens is 585 g/mol. The number of carboxylic acids is 1. The standard InChI is InChI=1S/C28H28FNO4.C10H14O2/c1-18-25-14-23(32)7-10-26(25)34-28(27(18)21-3-2-4-22(31)13-21)20-5-8-24(9-6-20)33-12-11-30-16-19(15-29)17-30;1-9-2-5-10(6-3-9,7-4-9)8(11)12/h2-10,13-14,19,28,31-32H,11-12,15-17H2,1H3;2,5H,3-4,6-7H2,1H3,(H,11,12). The first kappa shape index (κ1) is 31.7. The predicted octanol–water partition coefficient (Wildman–Crippen LogP) is 7.65. The molecule has 8 heteroatoms. The van der Waals surface area contributed by atoms with Gasteiger partial charge in [0.25, 0.3) is 0 Å². The van der Waals surface area contributed by atoms with E-state index in [0.29, 0.717) is 17.8 Å². The predicted molar refractivity (Wildman–Crippen MR) is 176 cm³/mol. The number of hydrogen-bond acceptors (Lipinski definition) is 6. The average molecular weight is 628 g/mol. The number of allylic oxidation sites excluding steroid dienone is 2. The van der Waals surface area contributed by atoms with Crippen LogP contribution in [-0.2, 0) is 4.79 Å². The van der Waals surface area contributed by atoms with E-state index in [1.54, 1.807) is 30.3 Å². The summed E-state index contributed by atoms with van der Waals surface area (Å²) in [6.07, 6.45) is 7.37. The molecule has 8 rings (SSSR count). The van der Waals surface area contributed by atoms with Crippen molar-refractivity contribution in [1.29, 1.82) is 0 Å². The molecule has 3 N–H and O–H groups in total. The van der Waals surface area contributed by atoms with Crippen molar-refractivity contribution in [2.45, 2.75) is 45.6 Å². The van der Waals surface area contributed by atoms with Crippen LogP contribution in [0, 0.1) is 16.7 Å². The molecule has 1 unspecified atom stereocenters. The molecule has 2 bridgehead atoms. The molecule has 0 amide bonds. The second kappa shape index (κ2) is 12.8. The van der Waals surface area contributed by atoms with Crippen LogP contribution in [0.1, 0.15) is 62.3 Å². The SMILES string of the molecule is CC12C=CC(C(=O)O)(CC1)CC2.CC1=C(c2cccc(O)c2)C(c2ccc(OCCN3CC(CF)C3)cc2)Oc2ccc(O)cc21. The van der Waals surface area contributed by atoms with E-state index >= 15 is 0 Å². The largest absolute Gasteiger partial charge is 0.508 e. The van der Waals surface area contributed by atoms with E-state index in [0.717, 1.165) is 78.9 Å². The van der Waals surface area contributed by atoms with E-state index in [1.165, 1.54) is 0 Å². The van der Waals surface area contributed by atoms with Crippen LogP contribution in [0.3, 0.4) is 0 Å². The van der Waals surface area contributed by atoms with Crippen LogP contribution in [0.15, 0.2) is 78.9 Å². The summed E-state index contributed by atoms with van der Waals surface area (Å²) in [5, 5.41) is 29.2. The molecule has 2 heterocycles. The molecule has 1 atom stereocenters. The van der Waals surface area contributed by atoms with Gasteiger partial charge in [-0.3, -0.25) is 14.1 Å². The van der Waals surface area contributed by atoms with Crippen LogP contribution in [0.4, 0.5) is 4.39 Å². The molecule has 3 aromatic carbocycles. The van der Waals surface area contributed by atoms with Gasteiger partial charge in [-0.1, -0.05) is 43.3 Å². The number of aliphatic carboxylic acids is 1. The summed E-state index contributed by atoms with van der Waals surface area (Å²) in [4.78, 5) is 13.2. The van der Waals surface area contributed by atoms with E-state index < -0.39 is 11.4 Å². The van der Waals surface area contributed by atoms with Gasteiger partial charge in [-0.15, -0.1) is 0 Å². The molecule has 0 aromatic heterocycles. The van der Waals surface area contributed by atoms with Crippen LogP contribution in [0.2, 0.25) is 0 Å². The molecular formula is C38H42FNO6. The van der Waals surface area contributed by atoms with Crippen LogP contribution in [0.25, 0.3) is 11.1 Å². The number of fused-ring (bicyclic) bond motifs is 3. The normalized spacial score (nSPS) is 25.2. The van der Waals surface area contributed by atoms with Gasteiger partial charge in [0.2, 0.25) is 0 Å². The molecule has 2 fully saturated rings. The molecule has 1 saturated carbocycles. The number of benzene rings is 3. The van der Waals surface area contributed by atoms with Crippen molar-refractivity contribution in [1.82, 2.24) is 4.90 Å². The summed E-state index contributed by atoms with van der Waals surface area (Å²) in [6.45, 7) is 6.94. The zero-order valence-corrected chi connectivity index (χ0v) is 26.4. The van der Waals surface area contributed by atoms with Gasteiger partial charge in [0.05, 0.1) is 12.1 Å². The lowest BCUT2D eigenvalue weighted by atomic mass is 9.59. The van der Waals surface area contributed by atoms with Crippen LogP contribution in [-0.4, -0.2) is 59.1 Å². The summed E-state index contributed by atoms with van der Waals surface area (Å²) in [7, 11) is 0. The molecule has 1 saturated heterocycles. The van der Waals surface area contributed by atoms with Gasteiger partial charge in [0.15, 0.2) is 0 Å². The monoisotopic (exact) mass is 627 g/mol. The van der Waals surface area contributed by atoms with Crippen molar-refractivity contribution in [3.63, 3.8) is 0 Å². The minimum Gasteiger partial charge on any atom is -0.508 e. The van der Waals surface area contributed by atoms with Crippen molar-refractivity contribution in [2.24, 2.45) is 16.7 Å². The maximum Gasteiger partial charge on any atom is 0.313 e. The van der Waals surface area contributed by atoms with E-state index in [2.05, 4.69) is 17.9 Å². The lowest BCUT2D eigenvalue weighted by Gasteiger charge is -2.44. The second-order valence-electron chi connectivity index (χ2n) is 13.4. The molecule has 242 valence electrons. The minimum atomic E-state index is -0.638. The first-order chi connectivity index (χ1) is 22.1. The molecule has 0 spiro atoms. The lowest BCUT2D eigenvalue weighted by molar-refractivity contribution is -0.149. The van der Waals surface area contributed by atoms with Gasteiger partial charge < -0.3 is 24.8 Å². The van der Waals surface area contributed by atoms with Gasteiger partial charge in [0.1, 0.15) is 35.7 Å². The zero-order chi connectivity index (χ0) is 32.5. The summed E-state index contributed by atoms with van der Waals surface area (Å²) in [5.41, 5.74) is 4.36. The highest BCUT2D eigenvalue weighted by molar-refractivity contribution is 5.95. The number of hydrogen-bond donors (Lipinski definition) is 3. The lowest BCUT2D eigenvalue weighted by Crippen LogP contribution is -2.49. The van der Waals surface area contributed by atoms with E-state index in [-0.39, 0.29) is 30.2 Å². The Morgan fingerprint density at radius 1 is 0.978 bits per heavy atom. The highest BCUT2D eigenvalue weighted by Crippen LogP contribution is 2.52. The Kier molecular flexibility index (Phi) is 8.84. The maximum absolute atomic E-state index is 12.6. The molecule has 0 radical (unpaired) electrons. The average Bonchev–Trinajstić information content (AvgIpc) is 3.03. The van der Waals surface area contributed by atoms with Gasteiger partial charge in [-0.05, 0) is 97.2 Å². The fraction of sp³-hybridized carbons (Fsp3) is 0.395. The highest BCUT2D eigenvalue weighted by atomic mass is 19.1. The Bertz CT molecular complexity index is 1630. The van der Waals surface area contributed by atoms with Crippen LogP contribution < -0.4 is 9.47 Å². The Morgan fingerprint density at radius 3 is 2.33 bits per heavy atom. The number of alkyl halides is 1. The van der Waals surface area contributed by atoms with E-state index in [1.807, 2.05) is 49.4 Å². The van der Waals surface area contributed by atoms with Crippen LogP contribution in [0.5, 0.6) is 23.0 Å². The number of ether oxygens (including phenoxy) is 2. The highest BCUT2D eigenvalue weighted by Gasteiger charge is 2.46. The van der Waals surface area contributed by atoms with E-state index in [9.17, 15) is 19.4 Å². The van der Waals surface area contributed by atoms with Crippen molar-refractivity contribution in [3.05, 3.63) is 95.6 Å². The van der Waals surface area contributed by atoms with Crippen LogP contribution >= 0.6 is 0 Å². The summed E-state index contributed by atoms with van der Waals surface area (Å²) >= 11 is 0. The van der Waals surface area contributed by atoms with Crippen molar-refractivity contribution in [2.75, 3.05) is 32.9 Å². The fourth-order valence-electron chi connectivity index (χ4n) is 6.95. The number of phenolic OH excluding ortho intramolecular Hbond substituents is 2. The third-order valence-electron chi connectivity index (χ3n) is 10.1. The smallest absolute Gasteiger partial charge is 0.313 e. The quantitative estimate of drug-likeness (QED) is 0.221. The van der Waals surface area contributed by atoms with Gasteiger partial charge >= 0.3 is 5.97 Å². The molecule has 3 aliphatic carbocycles. The third kappa shape index (κ3) is 6.49. The number of aromatic hydroxyl groups is 2. The summed E-state index contributed by atoms with van der Waals surface area (Å²) in [6, 6.07) is 20.1. The van der Waals surface area contributed by atoms with Crippen molar-refractivity contribution in [3.8, 4) is 23.0 Å². The molecule has 3 aromatic rings. The number of nitrogens with zero attached hydrogens (tertiary/aromatic N) is 1. The third-order valence-corrected chi connectivity index (χ3v) is 10.1. The maximum atomic E-state index is 12.6. The van der Waals surface area contributed by atoms with Gasteiger partial charge in [-0.2, -0.15) is 0 Å². The number of rotatable bonds is 8. The molecule has 7 nitrogen and oxygen atoms in total. The number of phenols is 2. The number of carbonyl (C=O) groups is 1. The summed E-state index contributed by atoms with van der Waals surface area (Å²) in [5.74, 6) is 1.37. The first-order valence-corrected chi connectivity index (χ1v) is 16.0. The second-order valence-corrected chi connectivity index (χ2v) is 13.4. The topological polar surface area (TPSA) is 99.5 Å². The first-order valence-electron chi connectivity index (χ1n) is 16.0. The molecule has 5 aliphatic rings. The Morgan fingerprint density at radius 2 is 1.70 bits per heavy atom. The van der Waals surface area contributed by atoms with Crippen molar-refractivity contribution >= 4 is 17.1 Å². The zero-order valence-electron chi connectivity index (χ0n) is 26.4. The Hall–Kier alpha value is -4.30. The number of carboxylic acid groups (broad SMARTS) is 1. The Labute approximate surface area is 269 Å². The molecule has 2 aliphatic heterocycles. The minimum absolute atomic E-state index is 0.176.